The highest BCUT2D eigenvalue weighted by Crippen LogP contribution is 2.29. The molecule has 0 saturated carbocycles. The van der Waals surface area contributed by atoms with Crippen LogP contribution in [0.2, 0.25) is 5.02 Å². The second-order valence-corrected chi connectivity index (χ2v) is 3.79. The zero-order valence-electron chi connectivity index (χ0n) is 8.73. The van der Waals surface area contributed by atoms with E-state index in [1.165, 1.54) is 12.1 Å². The molecule has 4 nitrogen and oxygen atoms in total. The Labute approximate surface area is 105 Å². The Kier molecular flexibility index (Phi) is 3.29. The Hall–Kier alpha value is -1.95. The van der Waals surface area contributed by atoms with Crippen LogP contribution in [0.3, 0.4) is 0 Å². The highest BCUT2D eigenvalue weighted by Gasteiger charge is 2.26. The molecule has 0 aliphatic heterocycles. The van der Waals surface area contributed by atoms with Crippen molar-refractivity contribution in [2.45, 2.75) is 6.43 Å². The van der Waals surface area contributed by atoms with Gasteiger partial charge in [-0.25, -0.2) is 18.6 Å². The Morgan fingerprint density at radius 2 is 2.17 bits per heavy atom. The molecule has 1 heterocycles. The number of hydrogen-bond acceptors (Lipinski definition) is 3. The molecule has 0 saturated heterocycles. The maximum absolute atomic E-state index is 12.6. The number of oxazole rings is 1. The number of rotatable bonds is 3. The van der Waals surface area contributed by atoms with E-state index in [1.54, 1.807) is 12.1 Å². The van der Waals surface area contributed by atoms with Gasteiger partial charge in [0.15, 0.2) is 5.69 Å². The highest BCUT2D eigenvalue weighted by molar-refractivity contribution is 6.30. The lowest BCUT2D eigenvalue weighted by atomic mass is 10.2. The van der Waals surface area contributed by atoms with E-state index in [0.29, 0.717) is 10.6 Å². The van der Waals surface area contributed by atoms with E-state index >= 15 is 0 Å². The summed E-state index contributed by atoms with van der Waals surface area (Å²) >= 11 is 5.73. The molecule has 1 N–H and O–H groups in total. The maximum atomic E-state index is 12.6. The third-order valence-corrected chi connectivity index (χ3v) is 2.36. The number of nitrogens with zero attached hydrogens (tertiary/aromatic N) is 1. The van der Waals surface area contributed by atoms with E-state index in [1.807, 2.05) is 0 Å². The summed E-state index contributed by atoms with van der Waals surface area (Å²) in [5, 5.41) is 9.10. The first-order chi connectivity index (χ1) is 8.49. The predicted molar refractivity (Wildman–Crippen MR) is 58.9 cm³/mol. The van der Waals surface area contributed by atoms with Crippen LogP contribution < -0.4 is 0 Å². The minimum atomic E-state index is -3.02. The number of hydrogen-bond donors (Lipinski definition) is 1. The molecule has 2 rings (SSSR count). The molecule has 0 amide bonds. The Morgan fingerprint density at radius 1 is 1.44 bits per heavy atom. The molecule has 0 fully saturated rings. The monoisotopic (exact) mass is 273 g/mol. The summed E-state index contributed by atoms with van der Waals surface area (Å²) in [6.45, 7) is 0. The second kappa shape index (κ2) is 4.73. The SMILES string of the molecule is O=C(O)c1oc(-c2cccc(Cl)c2)nc1C(F)F. The van der Waals surface area contributed by atoms with Crippen LogP contribution in [0.1, 0.15) is 22.7 Å². The van der Waals surface area contributed by atoms with Gasteiger partial charge < -0.3 is 9.52 Å². The van der Waals surface area contributed by atoms with Crippen molar-refractivity contribution in [3.63, 3.8) is 0 Å². The molecule has 1 aromatic heterocycles. The van der Waals surface area contributed by atoms with E-state index in [4.69, 9.17) is 21.1 Å². The van der Waals surface area contributed by atoms with Crippen LogP contribution in [0.25, 0.3) is 11.5 Å². The first-order valence-corrected chi connectivity index (χ1v) is 5.15. The number of aromatic nitrogens is 1. The van der Waals surface area contributed by atoms with Crippen LogP contribution in [0.15, 0.2) is 28.7 Å². The summed E-state index contributed by atoms with van der Waals surface area (Å²) in [5.74, 6) is -2.66. The summed E-state index contributed by atoms with van der Waals surface area (Å²) in [6, 6.07) is 6.12. The Balaban J connectivity index is 2.53. The molecule has 1 aromatic carbocycles. The molecule has 2 aromatic rings. The average Bonchev–Trinajstić information content (AvgIpc) is 2.73. The van der Waals surface area contributed by atoms with Crippen molar-refractivity contribution < 1.29 is 23.1 Å². The van der Waals surface area contributed by atoms with Gasteiger partial charge in [0, 0.05) is 10.6 Å². The molecular weight excluding hydrogens is 268 g/mol. The van der Waals surface area contributed by atoms with Crippen molar-refractivity contribution in [1.82, 2.24) is 4.98 Å². The van der Waals surface area contributed by atoms with E-state index in [9.17, 15) is 13.6 Å². The topological polar surface area (TPSA) is 63.3 Å². The summed E-state index contributed by atoms with van der Waals surface area (Å²) in [6.07, 6.45) is -3.02. The normalized spacial score (nSPS) is 10.9. The first kappa shape index (κ1) is 12.5. The van der Waals surface area contributed by atoms with Crippen LogP contribution in [-0.2, 0) is 0 Å². The number of halogens is 3. The Morgan fingerprint density at radius 3 is 2.67 bits per heavy atom. The van der Waals surface area contributed by atoms with Crippen molar-refractivity contribution in [2.24, 2.45) is 0 Å². The number of benzene rings is 1. The minimum absolute atomic E-state index is 0.204. The third kappa shape index (κ3) is 2.33. The van der Waals surface area contributed by atoms with Crippen molar-refractivity contribution in [3.05, 3.63) is 40.7 Å². The smallest absolute Gasteiger partial charge is 0.374 e. The molecule has 0 aliphatic carbocycles. The van der Waals surface area contributed by atoms with E-state index < -0.39 is 23.8 Å². The molecule has 7 heteroatoms. The molecule has 0 atom stereocenters. The van der Waals surface area contributed by atoms with Crippen molar-refractivity contribution in [1.29, 1.82) is 0 Å². The van der Waals surface area contributed by atoms with Gasteiger partial charge in [-0.1, -0.05) is 17.7 Å². The highest BCUT2D eigenvalue weighted by atomic mass is 35.5. The minimum Gasteiger partial charge on any atom is -0.475 e. The van der Waals surface area contributed by atoms with E-state index in [-0.39, 0.29) is 5.89 Å². The number of carboxylic acids is 1. The van der Waals surface area contributed by atoms with Crippen LogP contribution in [0.4, 0.5) is 8.78 Å². The van der Waals surface area contributed by atoms with Gasteiger partial charge in [-0.2, -0.15) is 0 Å². The fourth-order valence-corrected chi connectivity index (χ4v) is 1.57. The molecule has 0 radical (unpaired) electrons. The lowest BCUT2D eigenvalue weighted by Crippen LogP contribution is -1.99. The predicted octanol–water partition coefficient (Wildman–Crippen LogP) is 3.63. The number of carbonyl (C=O) groups is 1. The third-order valence-electron chi connectivity index (χ3n) is 2.13. The quantitative estimate of drug-likeness (QED) is 0.927. The standard InChI is InChI=1S/C11H6ClF2NO3/c12-6-3-1-2-5(4-6)10-15-7(9(13)14)8(18-10)11(16)17/h1-4,9H,(H,16,17). The zero-order chi connectivity index (χ0) is 13.3. The molecular formula is C11H6ClF2NO3. The van der Waals surface area contributed by atoms with Crippen LogP contribution in [-0.4, -0.2) is 16.1 Å². The molecule has 94 valence electrons. The molecule has 18 heavy (non-hydrogen) atoms. The van der Waals surface area contributed by atoms with E-state index in [0.717, 1.165) is 0 Å². The van der Waals surface area contributed by atoms with Gasteiger partial charge in [-0.3, -0.25) is 0 Å². The van der Waals surface area contributed by atoms with Gasteiger partial charge in [0.2, 0.25) is 11.7 Å². The van der Waals surface area contributed by atoms with Gasteiger partial charge in [0.05, 0.1) is 0 Å². The van der Waals surface area contributed by atoms with Crippen LogP contribution in [0, 0.1) is 0 Å². The second-order valence-electron chi connectivity index (χ2n) is 3.35. The van der Waals surface area contributed by atoms with Crippen molar-refractivity contribution in [3.8, 4) is 11.5 Å². The van der Waals surface area contributed by atoms with E-state index in [2.05, 4.69) is 4.98 Å². The fraction of sp³-hybridized carbons (Fsp3) is 0.0909. The first-order valence-electron chi connectivity index (χ1n) is 4.77. The number of aromatic carboxylic acids is 1. The molecule has 0 bridgehead atoms. The molecule has 0 spiro atoms. The average molecular weight is 274 g/mol. The maximum Gasteiger partial charge on any atom is 0.374 e. The summed E-state index contributed by atoms with van der Waals surface area (Å²) in [4.78, 5) is 14.2. The van der Waals surface area contributed by atoms with Gasteiger partial charge in [-0.15, -0.1) is 0 Å². The number of alkyl halides is 2. The summed E-state index contributed by atoms with van der Waals surface area (Å²) in [5.41, 5.74) is -0.561. The largest absolute Gasteiger partial charge is 0.475 e. The lowest BCUT2D eigenvalue weighted by molar-refractivity contribution is 0.0647. The zero-order valence-corrected chi connectivity index (χ0v) is 9.49. The fourth-order valence-electron chi connectivity index (χ4n) is 1.38. The summed E-state index contributed by atoms with van der Waals surface area (Å²) < 4.78 is 30.0. The Bertz CT molecular complexity index is 598. The van der Waals surface area contributed by atoms with Gasteiger partial charge in [0.1, 0.15) is 0 Å². The van der Waals surface area contributed by atoms with Crippen molar-refractivity contribution >= 4 is 17.6 Å². The van der Waals surface area contributed by atoms with Gasteiger partial charge in [0.25, 0.3) is 6.43 Å². The van der Waals surface area contributed by atoms with Crippen molar-refractivity contribution in [2.75, 3.05) is 0 Å². The lowest BCUT2D eigenvalue weighted by Gasteiger charge is -1.95. The molecule has 0 unspecified atom stereocenters. The van der Waals surface area contributed by atoms with Crippen LogP contribution in [0.5, 0.6) is 0 Å². The van der Waals surface area contributed by atoms with Gasteiger partial charge in [-0.05, 0) is 18.2 Å². The number of carboxylic acid groups (broad SMARTS) is 1. The summed E-state index contributed by atoms with van der Waals surface area (Å²) in [7, 11) is 0. The molecule has 0 aliphatic rings. The van der Waals surface area contributed by atoms with Crippen LogP contribution >= 0.6 is 11.6 Å². The van der Waals surface area contributed by atoms with Gasteiger partial charge >= 0.3 is 5.97 Å².